The first-order chi connectivity index (χ1) is 10.9. The van der Waals surface area contributed by atoms with Crippen molar-refractivity contribution in [3.63, 3.8) is 0 Å². The lowest BCUT2D eigenvalue weighted by atomic mass is 10.2. The van der Waals surface area contributed by atoms with Gasteiger partial charge in [-0.15, -0.1) is 0 Å². The Morgan fingerprint density at radius 2 is 1.96 bits per heavy atom. The molecule has 0 spiro atoms. The Morgan fingerprint density at radius 1 is 1.22 bits per heavy atom. The third kappa shape index (κ3) is 3.19. The van der Waals surface area contributed by atoms with Crippen LogP contribution >= 0.6 is 47.2 Å². The highest BCUT2D eigenvalue weighted by Gasteiger charge is 2.23. The van der Waals surface area contributed by atoms with Crippen LogP contribution in [0.2, 0.25) is 10.0 Å². The van der Waals surface area contributed by atoms with E-state index in [9.17, 15) is 4.79 Å². The highest BCUT2D eigenvalue weighted by atomic mass is 35.5. The minimum atomic E-state index is -0.153. The highest BCUT2D eigenvalue weighted by Crippen LogP contribution is 2.31. The van der Waals surface area contributed by atoms with Crippen molar-refractivity contribution in [1.82, 2.24) is 9.88 Å². The lowest BCUT2D eigenvalue weighted by Gasteiger charge is -2.10. The number of benzene rings is 1. The maximum atomic E-state index is 11.8. The molecule has 1 aliphatic heterocycles. The number of amides is 1. The van der Waals surface area contributed by atoms with Crippen LogP contribution in [0.4, 0.5) is 0 Å². The van der Waals surface area contributed by atoms with Gasteiger partial charge in [-0.2, -0.15) is 0 Å². The zero-order valence-corrected chi connectivity index (χ0v) is 15.5. The lowest BCUT2D eigenvalue weighted by molar-refractivity contribution is -0.115. The summed E-state index contributed by atoms with van der Waals surface area (Å²) >= 11 is 18.4. The van der Waals surface area contributed by atoms with E-state index < -0.39 is 0 Å². The van der Waals surface area contributed by atoms with Crippen LogP contribution in [0.5, 0.6) is 0 Å². The van der Waals surface area contributed by atoms with Gasteiger partial charge in [0.05, 0.1) is 15.0 Å². The molecule has 1 aromatic carbocycles. The first kappa shape index (κ1) is 16.6. The Kier molecular flexibility index (Phi) is 4.56. The molecular weight excluding hydrogens is 371 g/mol. The second kappa shape index (κ2) is 6.32. The van der Waals surface area contributed by atoms with Crippen LogP contribution in [-0.2, 0) is 4.79 Å². The molecule has 0 atom stereocenters. The summed E-state index contributed by atoms with van der Waals surface area (Å²) in [7, 11) is 0. The fourth-order valence-electron chi connectivity index (χ4n) is 2.52. The molecule has 1 N–H and O–H groups in total. The molecule has 23 heavy (non-hydrogen) atoms. The summed E-state index contributed by atoms with van der Waals surface area (Å²) in [5, 5.41) is 3.65. The molecule has 2 heterocycles. The molecule has 0 radical (unpaired) electrons. The van der Waals surface area contributed by atoms with Gasteiger partial charge in [0.2, 0.25) is 0 Å². The predicted octanol–water partition coefficient (Wildman–Crippen LogP) is 4.89. The summed E-state index contributed by atoms with van der Waals surface area (Å²) in [4.78, 5) is 12.4. The fourth-order valence-corrected chi connectivity index (χ4v) is 3.84. The number of carbonyl (C=O) groups is 1. The molecule has 1 amide bonds. The number of halogens is 2. The van der Waals surface area contributed by atoms with Gasteiger partial charge in [-0.3, -0.25) is 4.79 Å². The third-order valence-electron chi connectivity index (χ3n) is 3.56. The molecular formula is C16H12Cl2N2OS2. The number of aromatic nitrogens is 1. The van der Waals surface area contributed by atoms with E-state index in [1.165, 1.54) is 11.8 Å². The van der Waals surface area contributed by atoms with Gasteiger partial charge in [0.25, 0.3) is 5.91 Å². The quantitative estimate of drug-likeness (QED) is 0.592. The van der Waals surface area contributed by atoms with E-state index in [1.807, 2.05) is 38.1 Å². The number of hydrogen-bond donors (Lipinski definition) is 1. The molecule has 0 saturated carbocycles. The van der Waals surface area contributed by atoms with Gasteiger partial charge in [-0.1, -0.05) is 47.2 Å². The number of carbonyl (C=O) groups excluding carboxylic acids is 1. The van der Waals surface area contributed by atoms with Gasteiger partial charge in [-0.05, 0) is 49.8 Å². The summed E-state index contributed by atoms with van der Waals surface area (Å²) in [6.07, 6.45) is 1.86. The molecule has 1 aliphatic rings. The summed E-state index contributed by atoms with van der Waals surface area (Å²) in [5.74, 6) is -0.153. The maximum Gasteiger partial charge on any atom is 0.263 e. The van der Waals surface area contributed by atoms with Crippen molar-refractivity contribution in [2.24, 2.45) is 0 Å². The van der Waals surface area contributed by atoms with Gasteiger partial charge in [0.15, 0.2) is 0 Å². The van der Waals surface area contributed by atoms with Crippen LogP contribution in [0.1, 0.15) is 17.0 Å². The van der Waals surface area contributed by atoms with Crippen molar-refractivity contribution in [2.45, 2.75) is 13.8 Å². The molecule has 2 aromatic rings. The molecule has 118 valence electrons. The Labute approximate surface area is 153 Å². The van der Waals surface area contributed by atoms with Crippen LogP contribution < -0.4 is 5.32 Å². The first-order valence-electron chi connectivity index (χ1n) is 6.76. The summed E-state index contributed by atoms with van der Waals surface area (Å²) in [5.41, 5.74) is 3.95. The molecule has 1 saturated heterocycles. The zero-order valence-electron chi connectivity index (χ0n) is 12.3. The van der Waals surface area contributed by atoms with Gasteiger partial charge < -0.3 is 9.88 Å². The normalized spacial score (nSPS) is 16.3. The molecule has 0 bridgehead atoms. The Hall–Kier alpha value is -1.27. The average molecular weight is 383 g/mol. The lowest BCUT2D eigenvalue weighted by Crippen LogP contribution is -2.17. The van der Waals surface area contributed by atoms with Crippen LogP contribution in [-0.4, -0.2) is 14.8 Å². The average Bonchev–Trinajstić information content (AvgIpc) is 2.93. The molecule has 1 aromatic heterocycles. The largest absolute Gasteiger partial charge is 0.318 e. The second-order valence-corrected chi connectivity index (χ2v) is 7.65. The van der Waals surface area contributed by atoms with E-state index in [0.29, 0.717) is 19.3 Å². The summed E-state index contributed by atoms with van der Waals surface area (Å²) in [6, 6.07) is 7.54. The van der Waals surface area contributed by atoms with Gasteiger partial charge in [0.1, 0.15) is 4.32 Å². The van der Waals surface area contributed by atoms with Crippen LogP contribution in [0, 0.1) is 13.8 Å². The van der Waals surface area contributed by atoms with Crippen LogP contribution in [0.15, 0.2) is 29.2 Å². The topological polar surface area (TPSA) is 34.0 Å². The maximum absolute atomic E-state index is 11.8. The Morgan fingerprint density at radius 3 is 2.57 bits per heavy atom. The molecule has 0 unspecified atom stereocenters. The third-order valence-corrected chi connectivity index (χ3v) is 5.46. The monoisotopic (exact) mass is 382 g/mol. The van der Waals surface area contributed by atoms with Gasteiger partial charge in [0, 0.05) is 17.1 Å². The number of aryl methyl sites for hydroxylation is 1. The van der Waals surface area contributed by atoms with Crippen molar-refractivity contribution in [3.05, 3.63) is 56.2 Å². The van der Waals surface area contributed by atoms with E-state index in [-0.39, 0.29) is 5.91 Å². The van der Waals surface area contributed by atoms with E-state index in [0.717, 1.165) is 22.6 Å². The van der Waals surface area contributed by atoms with E-state index in [1.54, 1.807) is 6.07 Å². The molecule has 0 aliphatic carbocycles. The number of thioether (sulfide) groups is 1. The van der Waals surface area contributed by atoms with Crippen molar-refractivity contribution < 1.29 is 4.79 Å². The van der Waals surface area contributed by atoms with Crippen molar-refractivity contribution in [3.8, 4) is 5.69 Å². The zero-order chi connectivity index (χ0) is 16.7. The van der Waals surface area contributed by atoms with Crippen molar-refractivity contribution >= 4 is 63.5 Å². The predicted molar refractivity (Wildman–Crippen MR) is 102 cm³/mol. The minimum absolute atomic E-state index is 0.153. The Bertz CT molecular complexity index is 871. The smallest absolute Gasteiger partial charge is 0.263 e. The van der Waals surface area contributed by atoms with E-state index >= 15 is 0 Å². The van der Waals surface area contributed by atoms with Crippen molar-refractivity contribution in [2.75, 3.05) is 0 Å². The van der Waals surface area contributed by atoms with Gasteiger partial charge in [-0.25, -0.2) is 0 Å². The standard InChI is InChI=1S/C16H12Cl2N2OS2/c1-8-5-10(6-14-15(21)19-16(22)23-14)9(2)20(8)11-3-4-12(17)13(18)7-11/h3-7H,1-2H3,(H,19,21,22)/b14-6-. The fraction of sp³-hybridized carbons (Fsp3) is 0.125. The molecule has 3 nitrogen and oxygen atoms in total. The number of thiocarbonyl (C=S) groups is 1. The van der Waals surface area contributed by atoms with Crippen molar-refractivity contribution in [1.29, 1.82) is 0 Å². The number of rotatable bonds is 2. The SMILES string of the molecule is Cc1cc(/C=C2\SC(=S)NC2=O)c(C)n1-c1ccc(Cl)c(Cl)c1. The Balaban J connectivity index is 2.06. The minimum Gasteiger partial charge on any atom is -0.318 e. The van der Waals surface area contributed by atoms with Gasteiger partial charge >= 0.3 is 0 Å². The summed E-state index contributed by atoms with van der Waals surface area (Å²) in [6.45, 7) is 4.00. The number of nitrogens with zero attached hydrogens (tertiary/aromatic N) is 1. The highest BCUT2D eigenvalue weighted by molar-refractivity contribution is 8.26. The molecule has 3 rings (SSSR count). The number of hydrogen-bond acceptors (Lipinski definition) is 3. The summed E-state index contributed by atoms with van der Waals surface area (Å²) < 4.78 is 2.56. The number of nitrogens with one attached hydrogen (secondary N) is 1. The second-order valence-electron chi connectivity index (χ2n) is 5.11. The first-order valence-corrected chi connectivity index (χ1v) is 8.74. The van der Waals surface area contributed by atoms with E-state index in [4.69, 9.17) is 35.4 Å². The van der Waals surface area contributed by atoms with Crippen LogP contribution in [0.3, 0.4) is 0 Å². The van der Waals surface area contributed by atoms with E-state index in [2.05, 4.69) is 9.88 Å². The molecule has 1 fully saturated rings. The molecule has 7 heteroatoms. The van der Waals surface area contributed by atoms with Crippen LogP contribution in [0.25, 0.3) is 11.8 Å².